The standard InChI is InChI=1S/C18H19N3OS/c1-3-13(2)14-7-9-15(10-8-14)16(22)12-23-18-20-19-17-6-4-5-11-21(17)18/h4-11,13H,3,12H2,1-2H3/t13-/m0/s1. The van der Waals surface area contributed by atoms with Crippen LogP contribution in [0.15, 0.2) is 53.8 Å². The lowest BCUT2D eigenvalue weighted by Gasteiger charge is -2.09. The fraction of sp³-hybridized carbons (Fsp3) is 0.278. The second kappa shape index (κ2) is 6.96. The van der Waals surface area contributed by atoms with E-state index in [2.05, 4.69) is 36.2 Å². The number of hydrogen-bond acceptors (Lipinski definition) is 4. The third-order valence-electron chi connectivity index (χ3n) is 4.03. The maximum Gasteiger partial charge on any atom is 0.196 e. The lowest BCUT2D eigenvalue weighted by atomic mass is 9.97. The predicted molar refractivity (Wildman–Crippen MR) is 93.2 cm³/mol. The van der Waals surface area contributed by atoms with E-state index in [9.17, 15) is 4.79 Å². The molecule has 2 aromatic heterocycles. The highest BCUT2D eigenvalue weighted by Crippen LogP contribution is 2.21. The molecule has 118 valence electrons. The number of fused-ring (bicyclic) bond motifs is 1. The zero-order chi connectivity index (χ0) is 16.2. The fourth-order valence-corrected chi connectivity index (χ4v) is 3.18. The summed E-state index contributed by atoms with van der Waals surface area (Å²) in [5.41, 5.74) is 2.82. The molecular formula is C18H19N3OS. The molecule has 0 saturated heterocycles. The van der Waals surface area contributed by atoms with Crippen LogP contribution in [0.2, 0.25) is 0 Å². The third kappa shape index (κ3) is 3.45. The van der Waals surface area contributed by atoms with Gasteiger partial charge in [-0.25, -0.2) is 0 Å². The van der Waals surface area contributed by atoms with E-state index in [-0.39, 0.29) is 5.78 Å². The number of pyridine rings is 1. The average molecular weight is 325 g/mol. The molecule has 2 heterocycles. The van der Waals surface area contributed by atoms with E-state index in [0.717, 1.165) is 22.8 Å². The van der Waals surface area contributed by atoms with Crippen LogP contribution in [0.3, 0.4) is 0 Å². The van der Waals surface area contributed by atoms with E-state index >= 15 is 0 Å². The highest BCUT2D eigenvalue weighted by Gasteiger charge is 2.11. The number of nitrogens with zero attached hydrogens (tertiary/aromatic N) is 3. The second-order valence-electron chi connectivity index (χ2n) is 5.55. The monoisotopic (exact) mass is 325 g/mol. The molecule has 1 atom stereocenters. The van der Waals surface area contributed by atoms with Crippen molar-refractivity contribution in [1.29, 1.82) is 0 Å². The van der Waals surface area contributed by atoms with E-state index in [1.807, 2.05) is 40.9 Å². The van der Waals surface area contributed by atoms with Crippen LogP contribution in [-0.2, 0) is 0 Å². The summed E-state index contributed by atoms with van der Waals surface area (Å²) in [6.45, 7) is 4.37. The van der Waals surface area contributed by atoms with Crippen molar-refractivity contribution in [2.75, 3.05) is 5.75 Å². The SMILES string of the molecule is CC[C@H](C)c1ccc(C(=O)CSc2nnc3ccccn23)cc1. The molecule has 1 aromatic carbocycles. The number of thioether (sulfide) groups is 1. The van der Waals surface area contributed by atoms with Gasteiger partial charge in [-0.05, 0) is 30.0 Å². The van der Waals surface area contributed by atoms with Crippen LogP contribution < -0.4 is 0 Å². The fourth-order valence-electron chi connectivity index (χ4n) is 2.36. The van der Waals surface area contributed by atoms with Gasteiger partial charge in [-0.2, -0.15) is 0 Å². The lowest BCUT2D eigenvalue weighted by Crippen LogP contribution is -2.03. The van der Waals surface area contributed by atoms with Gasteiger partial charge in [-0.3, -0.25) is 9.20 Å². The molecule has 23 heavy (non-hydrogen) atoms. The van der Waals surface area contributed by atoms with Crippen molar-refractivity contribution in [1.82, 2.24) is 14.6 Å². The largest absolute Gasteiger partial charge is 0.293 e. The zero-order valence-electron chi connectivity index (χ0n) is 13.3. The number of aromatic nitrogens is 3. The van der Waals surface area contributed by atoms with Gasteiger partial charge < -0.3 is 0 Å². The van der Waals surface area contributed by atoms with Gasteiger partial charge in [0, 0.05) is 11.8 Å². The first-order valence-electron chi connectivity index (χ1n) is 7.74. The molecule has 4 nitrogen and oxygen atoms in total. The Morgan fingerprint density at radius 2 is 1.96 bits per heavy atom. The maximum absolute atomic E-state index is 12.3. The molecule has 0 N–H and O–H groups in total. The molecule has 0 amide bonds. The molecule has 0 unspecified atom stereocenters. The van der Waals surface area contributed by atoms with Crippen molar-refractivity contribution in [3.8, 4) is 0 Å². The topological polar surface area (TPSA) is 47.3 Å². The van der Waals surface area contributed by atoms with Gasteiger partial charge in [-0.1, -0.05) is 55.9 Å². The van der Waals surface area contributed by atoms with Gasteiger partial charge in [0.1, 0.15) is 0 Å². The predicted octanol–water partition coefficient (Wildman–Crippen LogP) is 4.22. The van der Waals surface area contributed by atoms with E-state index in [1.54, 1.807) is 0 Å². The number of carbonyl (C=O) groups is 1. The molecule has 0 bridgehead atoms. The maximum atomic E-state index is 12.3. The molecule has 3 aromatic rings. The summed E-state index contributed by atoms with van der Waals surface area (Å²) in [5, 5.41) is 8.96. The van der Waals surface area contributed by atoms with Crippen LogP contribution in [0.4, 0.5) is 0 Å². The number of ketones is 1. The van der Waals surface area contributed by atoms with Crippen molar-refractivity contribution in [2.45, 2.75) is 31.3 Å². The van der Waals surface area contributed by atoms with Crippen LogP contribution in [-0.4, -0.2) is 26.1 Å². The summed E-state index contributed by atoms with van der Waals surface area (Å²) in [6.07, 6.45) is 3.01. The molecule has 0 fully saturated rings. The first kappa shape index (κ1) is 15.7. The Labute approximate surface area is 139 Å². The van der Waals surface area contributed by atoms with Gasteiger partial charge >= 0.3 is 0 Å². The Balaban J connectivity index is 1.67. The van der Waals surface area contributed by atoms with E-state index in [4.69, 9.17) is 0 Å². The number of benzene rings is 1. The Bertz CT molecular complexity index is 811. The Kier molecular flexibility index (Phi) is 4.76. The van der Waals surface area contributed by atoms with Crippen LogP contribution in [0.25, 0.3) is 5.65 Å². The number of rotatable bonds is 6. The van der Waals surface area contributed by atoms with Crippen LogP contribution in [0.5, 0.6) is 0 Å². The quantitative estimate of drug-likeness (QED) is 0.503. The number of Topliss-reactive ketones (excluding diaryl/α,β-unsaturated/α-hetero) is 1. The molecule has 0 saturated carbocycles. The molecule has 0 spiro atoms. The summed E-state index contributed by atoms with van der Waals surface area (Å²) < 4.78 is 1.89. The molecular weight excluding hydrogens is 306 g/mol. The van der Waals surface area contributed by atoms with Gasteiger partial charge in [0.15, 0.2) is 16.6 Å². The summed E-state index contributed by atoms with van der Waals surface area (Å²) in [7, 11) is 0. The van der Waals surface area contributed by atoms with E-state index in [1.165, 1.54) is 17.3 Å². The van der Waals surface area contributed by atoms with Gasteiger partial charge in [0.2, 0.25) is 0 Å². The minimum atomic E-state index is 0.110. The lowest BCUT2D eigenvalue weighted by molar-refractivity contribution is 0.102. The number of hydrogen-bond donors (Lipinski definition) is 0. The van der Waals surface area contributed by atoms with Crippen molar-refractivity contribution in [2.24, 2.45) is 0 Å². The minimum Gasteiger partial charge on any atom is -0.293 e. The molecule has 3 rings (SSSR count). The Morgan fingerprint density at radius 1 is 1.17 bits per heavy atom. The summed E-state index contributed by atoms with van der Waals surface area (Å²) in [5.74, 6) is 0.993. The minimum absolute atomic E-state index is 0.110. The molecule has 5 heteroatoms. The van der Waals surface area contributed by atoms with Crippen molar-refractivity contribution in [3.63, 3.8) is 0 Å². The van der Waals surface area contributed by atoms with Gasteiger partial charge in [0.05, 0.1) is 5.75 Å². The Hall–Kier alpha value is -2.14. The molecule has 0 aliphatic rings. The van der Waals surface area contributed by atoms with E-state index < -0.39 is 0 Å². The molecule has 0 aliphatic heterocycles. The van der Waals surface area contributed by atoms with Crippen LogP contribution in [0, 0.1) is 0 Å². The smallest absolute Gasteiger partial charge is 0.196 e. The first-order valence-corrected chi connectivity index (χ1v) is 8.73. The summed E-state index contributed by atoms with van der Waals surface area (Å²) in [4.78, 5) is 12.3. The van der Waals surface area contributed by atoms with Crippen molar-refractivity contribution in [3.05, 3.63) is 59.8 Å². The van der Waals surface area contributed by atoms with Gasteiger partial charge in [0.25, 0.3) is 0 Å². The van der Waals surface area contributed by atoms with Gasteiger partial charge in [-0.15, -0.1) is 10.2 Å². The van der Waals surface area contributed by atoms with E-state index in [0.29, 0.717) is 11.7 Å². The highest BCUT2D eigenvalue weighted by molar-refractivity contribution is 7.99. The summed E-state index contributed by atoms with van der Waals surface area (Å²) in [6, 6.07) is 13.7. The van der Waals surface area contributed by atoms with Crippen molar-refractivity contribution >= 4 is 23.2 Å². The first-order chi connectivity index (χ1) is 11.2. The number of carbonyl (C=O) groups excluding carboxylic acids is 1. The zero-order valence-corrected chi connectivity index (χ0v) is 14.1. The van der Waals surface area contributed by atoms with Crippen LogP contribution in [0.1, 0.15) is 42.1 Å². The highest BCUT2D eigenvalue weighted by atomic mass is 32.2. The van der Waals surface area contributed by atoms with Crippen molar-refractivity contribution < 1.29 is 4.79 Å². The Morgan fingerprint density at radius 3 is 2.70 bits per heavy atom. The average Bonchev–Trinajstić information content (AvgIpc) is 3.02. The van der Waals surface area contributed by atoms with Crippen LogP contribution >= 0.6 is 11.8 Å². The summed E-state index contributed by atoms with van der Waals surface area (Å²) >= 11 is 1.41. The normalized spacial score (nSPS) is 12.4. The second-order valence-corrected chi connectivity index (χ2v) is 6.50. The molecule has 0 radical (unpaired) electrons. The molecule has 0 aliphatic carbocycles. The third-order valence-corrected chi connectivity index (χ3v) is 4.97.